The van der Waals surface area contributed by atoms with Crippen molar-refractivity contribution in [1.29, 1.82) is 0 Å². The molecule has 5 nitrogen and oxygen atoms in total. The maximum atomic E-state index is 13.3. The first-order valence-corrected chi connectivity index (χ1v) is 10.2. The standard InChI is InChI=1S/C24H20N2O3S/c1-29-21-13-11-20(12-14-21)26-23(28)22(15-17-7-9-18(16-27)10-8-17)30-24(26)25-19-5-3-2-4-6-19/h2-15,27H,16H2,1H3/b22-15-,25-24?. The Balaban J connectivity index is 1.73. The molecule has 0 bridgehead atoms. The fourth-order valence-electron chi connectivity index (χ4n) is 2.99. The van der Waals surface area contributed by atoms with E-state index < -0.39 is 0 Å². The van der Waals surface area contributed by atoms with Gasteiger partial charge in [-0.3, -0.25) is 9.69 Å². The van der Waals surface area contributed by atoms with Gasteiger partial charge < -0.3 is 9.84 Å². The van der Waals surface area contributed by atoms with Gasteiger partial charge in [0.05, 0.1) is 30.0 Å². The molecule has 0 atom stereocenters. The average Bonchev–Trinajstić information content (AvgIpc) is 3.09. The lowest BCUT2D eigenvalue weighted by Crippen LogP contribution is -2.28. The van der Waals surface area contributed by atoms with Crippen LogP contribution in [0.25, 0.3) is 6.08 Å². The molecule has 0 spiro atoms. The van der Waals surface area contributed by atoms with Gasteiger partial charge in [-0.2, -0.15) is 0 Å². The molecule has 0 aromatic heterocycles. The molecule has 1 heterocycles. The third-order valence-electron chi connectivity index (χ3n) is 4.58. The van der Waals surface area contributed by atoms with Crippen LogP contribution in [0.3, 0.4) is 0 Å². The minimum atomic E-state index is -0.133. The first kappa shape index (κ1) is 19.9. The highest BCUT2D eigenvalue weighted by atomic mass is 32.2. The number of aliphatic hydroxyl groups excluding tert-OH is 1. The highest BCUT2D eigenvalue weighted by Gasteiger charge is 2.34. The van der Waals surface area contributed by atoms with E-state index in [1.807, 2.05) is 84.9 Å². The summed E-state index contributed by atoms with van der Waals surface area (Å²) in [6.07, 6.45) is 1.85. The van der Waals surface area contributed by atoms with E-state index >= 15 is 0 Å². The number of amides is 1. The number of methoxy groups -OCH3 is 1. The van der Waals surface area contributed by atoms with Crippen LogP contribution in [0, 0.1) is 0 Å². The van der Waals surface area contributed by atoms with E-state index in [2.05, 4.69) is 0 Å². The molecule has 1 aliphatic heterocycles. The Labute approximate surface area is 179 Å². The number of aliphatic imine (C=N–C) groups is 1. The second kappa shape index (κ2) is 8.98. The van der Waals surface area contributed by atoms with Crippen molar-refractivity contribution >= 4 is 40.3 Å². The van der Waals surface area contributed by atoms with E-state index in [0.717, 1.165) is 28.3 Å². The number of nitrogens with zero attached hydrogens (tertiary/aromatic N) is 2. The summed E-state index contributed by atoms with van der Waals surface area (Å²) >= 11 is 1.34. The topological polar surface area (TPSA) is 62.1 Å². The van der Waals surface area contributed by atoms with Crippen LogP contribution in [0.4, 0.5) is 11.4 Å². The molecule has 3 aromatic rings. The molecule has 3 aromatic carbocycles. The fraction of sp³-hybridized carbons (Fsp3) is 0.0833. The zero-order chi connectivity index (χ0) is 20.9. The monoisotopic (exact) mass is 416 g/mol. The number of carbonyl (C=O) groups is 1. The number of ether oxygens (including phenoxy) is 1. The van der Waals surface area contributed by atoms with E-state index in [1.165, 1.54) is 11.8 Å². The zero-order valence-electron chi connectivity index (χ0n) is 16.4. The van der Waals surface area contributed by atoms with Gasteiger partial charge in [0.25, 0.3) is 5.91 Å². The number of anilines is 1. The molecule has 150 valence electrons. The molecule has 1 N–H and O–H groups in total. The number of amidine groups is 1. The molecule has 0 saturated carbocycles. The lowest BCUT2D eigenvalue weighted by Gasteiger charge is -2.16. The lowest BCUT2D eigenvalue weighted by molar-refractivity contribution is -0.113. The summed E-state index contributed by atoms with van der Waals surface area (Å²) in [5.41, 5.74) is 3.22. The van der Waals surface area contributed by atoms with Crippen LogP contribution >= 0.6 is 11.8 Å². The number of benzene rings is 3. The van der Waals surface area contributed by atoms with Crippen molar-refractivity contribution in [3.63, 3.8) is 0 Å². The van der Waals surface area contributed by atoms with Gasteiger partial charge in [0.2, 0.25) is 0 Å². The Bertz CT molecular complexity index is 1090. The van der Waals surface area contributed by atoms with Crippen molar-refractivity contribution in [3.05, 3.63) is 94.9 Å². The van der Waals surface area contributed by atoms with Gasteiger partial charge in [0, 0.05) is 0 Å². The van der Waals surface area contributed by atoms with Crippen LogP contribution in [-0.2, 0) is 11.4 Å². The van der Waals surface area contributed by atoms with Crippen molar-refractivity contribution < 1.29 is 14.6 Å². The largest absolute Gasteiger partial charge is 0.497 e. The summed E-state index contributed by atoms with van der Waals surface area (Å²) in [6.45, 7) is -0.0103. The molecule has 0 aliphatic carbocycles. The van der Waals surface area contributed by atoms with Gasteiger partial charge in [-0.15, -0.1) is 0 Å². The molecule has 1 aliphatic rings. The van der Waals surface area contributed by atoms with Crippen LogP contribution in [0.5, 0.6) is 5.75 Å². The average molecular weight is 417 g/mol. The second-order valence-corrected chi connectivity index (χ2v) is 7.59. The summed E-state index contributed by atoms with van der Waals surface area (Å²) in [4.78, 5) is 20.2. The van der Waals surface area contributed by atoms with E-state index in [-0.39, 0.29) is 12.5 Å². The van der Waals surface area contributed by atoms with Gasteiger partial charge in [-0.05, 0) is 65.4 Å². The molecule has 1 saturated heterocycles. The predicted octanol–water partition coefficient (Wildman–Crippen LogP) is 5.00. The quantitative estimate of drug-likeness (QED) is 0.595. The van der Waals surface area contributed by atoms with Crippen LogP contribution in [0.15, 0.2) is 88.8 Å². The van der Waals surface area contributed by atoms with Gasteiger partial charge in [-0.1, -0.05) is 42.5 Å². The molecule has 1 amide bonds. The molecular formula is C24H20N2O3S. The lowest BCUT2D eigenvalue weighted by atomic mass is 10.1. The zero-order valence-corrected chi connectivity index (χ0v) is 17.2. The number of hydrogen-bond donors (Lipinski definition) is 1. The molecule has 6 heteroatoms. The predicted molar refractivity (Wildman–Crippen MR) is 122 cm³/mol. The highest BCUT2D eigenvalue weighted by Crippen LogP contribution is 2.37. The number of para-hydroxylation sites is 1. The maximum Gasteiger partial charge on any atom is 0.271 e. The van der Waals surface area contributed by atoms with Gasteiger partial charge in [0.15, 0.2) is 5.17 Å². The number of thioether (sulfide) groups is 1. The fourth-order valence-corrected chi connectivity index (χ4v) is 3.99. The molecule has 0 radical (unpaired) electrons. The normalized spacial score (nSPS) is 16.5. The SMILES string of the molecule is COc1ccc(N2C(=O)/C(=C/c3ccc(CO)cc3)SC2=Nc2ccccc2)cc1. The van der Waals surface area contributed by atoms with E-state index in [9.17, 15) is 9.90 Å². The van der Waals surface area contributed by atoms with Crippen LogP contribution in [-0.4, -0.2) is 23.3 Å². The summed E-state index contributed by atoms with van der Waals surface area (Å²) in [5.74, 6) is 0.588. The Kier molecular flexibility index (Phi) is 5.97. The van der Waals surface area contributed by atoms with Crippen LogP contribution in [0.2, 0.25) is 0 Å². The second-order valence-electron chi connectivity index (χ2n) is 6.58. The third kappa shape index (κ3) is 4.30. The summed E-state index contributed by atoms with van der Waals surface area (Å²) < 4.78 is 5.23. The van der Waals surface area contributed by atoms with Crippen molar-refractivity contribution in [2.24, 2.45) is 4.99 Å². The third-order valence-corrected chi connectivity index (χ3v) is 5.55. The minimum absolute atomic E-state index is 0.0103. The van der Waals surface area contributed by atoms with Crippen molar-refractivity contribution in [1.82, 2.24) is 0 Å². The molecule has 4 rings (SSSR count). The van der Waals surface area contributed by atoms with Crippen LogP contribution < -0.4 is 9.64 Å². The number of carbonyl (C=O) groups excluding carboxylic acids is 1. The Morgan fingerprint density at radius 1 is 1.00 bits per heavy atom. The van der Waals surface area contributed by atoms with Crippen molar-refractivity contribution in [3.8, 4) is 5.75 Å². The molecule has 1 fully saturated rings. The first-order valence-electron chi connectivity index (χ1n) is 9.39. The molecule has 0 unspecified atom stereocenters. The number of rotatable bonds is 5. The number of aliphatic hydroxyl groups is 1. The van der Waals surface area contributed by atoms with Crippen LogP contribution in [0.1, 0.15) is 11.1 Å². The maximum absolute atomic E-state index is 13.3. The Morgan fingerprint density at radius 2 is 1.70 bits per heavy atom. The first-order chi connectivity index (χ1) is 14.7. The highest BCUT2D eigenvalue weighted by molar-refractivity contribution is 8.19. The summed E-state index contributed by atoms with van der Waals surface area (Å²) in [6, 6.07) is 24.4. The van der Waals surface area contributed by atoms with E-state index in [1.54, 1.807) is 12.0 Å². The Hall–Kier alpha value is -3.35. The molecule has 30 heavy (non-hydrogen) atoms. The van der Waals surface area contributed by atoms with Gasteiger partial charge in [-0.25, -0.2) is 4.99 Å². The van der Waals surface area contributed by atoms with E-state index in [4.69, 9.17) is 9.73 Å². The van der Waals surface area contributed by atoms with Crippen molar-refractivity contribution in [2.75, 3.05) is 12.0 Å². The smallest absolute Gasteiger partial charge is 0.271 e. The summed E-state index contributed by atoms with van der Waals surface area (Å²) in [7, 11) is 1.61. The van der Waals surface area contributed by atoms with Gasteiger partial charge >= 0.3 is 0 Å². The Morgan fingerprint density at radius 3 is 2.33 bits per heavy atom. The molecular weight excluding hydrogens is 396 g/mol. The van der Waals surface area contributed by atoms with E-state index in [0.29, 0.717) is 10.1 Å². The summed E-state index contributed by atoms with van der Waals surface area (Å²) in [5, 5.41) is 9.82. The van der Waals surface area contributed by atoms with Gasteiger partial charge in [0.1, 0.15) is 5.75 Å². The van der Waals surface area contributed by atoms with Crippen molar-refractivity contribution in [2.45, 2.75) is 6.61 Å². The number of hydrogen-bond acceptors (Lipinski definition) is 5. The minimum Gasteiger partial charge on any atom is -0.497 e.